The standard InChI is InChI=1S/C49H28O3/c1-5-33-19-15-17-25-41(33)47-45(43-29-27-39(31-35(43)7-3)51-37-21-11-9-12-22-37)46(48(49(47)50)42-26-18-16-20-34(42)6-2)44-30-28-40(32-36(44)8-4)52-38-23-13-10-14-24-38/h1-4,9-32H. The van der Waals surface area contributed by atoms with E-state index in [4.69, 9.17) is 35.2 Å². The van der Waals surface area contributed by atoms with Gasteiger partial charge in [-0.3, -0.25) is 4.79 Å². The van der Waals surface area contributed by atoms with Crippen LogP contribution in [0, 0.1) is 49.4 Å². The molecule has 0 saturated carbocycles. The zero-order valence-electron chi connectivity index (χ0n) is 27.9. The van der Waals surface area contributed by atoms with Crippen LogP contribution in [0.2, 0.25) is 0 Å². The van der Waals surface area contributed by atoms with E-state index in [1.807, 2.05) is 133 Å². The van der Waals surface area contributed by atoms with Crippen molar-refractivity contribution in [2.24, 2.45) is 0 Å². The van der Waals surface area contributed by atoms with Crippen molar-refractivity contribution in [1.82, 2.24) is 0 Å². The number of ether oxygens (including phenoxy) is 2. The number of benzene rings is 6. The first-order valence-corrected chi connectivity index (χ1v) is 16.4. The van der Waals surface area contributed by atoms with E-state index in [2.05, 4.69) is 23.7 Å². The summed E-state index contributed by atoms with van der Waals surface area (Å²) in [7, 11) is 0. The molecule has 7 rings (SSSR count). The van der Waals surface area contributed by atoms with Gasteiger partial charge in [0.1, 0.15) is 23.0 Å². The van der Waals surface area contributed by atoms with Crippen LogP contribution in [0.5, 0.6) is 23.0 Å². The molecule has 0 spiro atoms. The second kappa shape index (κ2) is 14.4. The Morgan fingerprint density at radius 2 is 0.692 bits per heavy atom. The average molecular weight is 665 g/mol. The summed E-state index contributed by atoms with van der Waals surface area (Å²) in [5.41, 5.74) is 6.39. The fourth-order valence-corrected chi connectivity index (χ4v) is 6.41. The summed E-state index contributed by atoms with van der Waals surface area (Å²) >= 11 is 0. The smallest absolute Gasteiger partial charge is 0.195 e. The van der Waals surface area contributed by atoms with Gasteiger partial charge in [-0.15, -0.1) is 25.7 Å². The summed E-state index contributed by atoms with van der Waals surface area (Å²) in [4.78, 5) is 15.2. The maximum absolute atomic E-state index is 15.2. The number of terminal acetylenes is 4. The molecule has 0 N–H and O–H groups in total. The van der Waals surface area contributed by atoms with Gasteiger partial charge in [-0.1, -0.05) is 96.5 Å². The Morgan fingerprint density at radius 1 is 0.346 bits per heavy atom. The van der Waals surface area contributed by atoms with E-state index in [1.165, 1.54) is 0 Å². The van der Waals surface area contributed by atoms with Gasteiger partial charge in [0.2, 0.25) is 0 Å². The molecule has 0 saturated heterocycles. The summed E-state index contributed by atoms with van der Waals surface area (Å²) in [6.45, 7) is 0. The Labute approximate surface area is 303 Å². The summed E-state index contributed by atoms with van der Waals surface area (Å²) in [6.07, 6.45) is 24.6. The molecule has 6 aromatic rings. The lowest BCUT2D eigenvalue weighted by Crippen LogP contribution is -2.05. The normalized spacial score (nSPS) is 12.0. The van der Waals surface area contributed by atoms with Crippen LogP contribution in [0.25, 0.3) is 22.3 Å². The molecule has 0 radical (unpaired) electrons. The highest BCUT2D eigenvalue weighted by atomic mass is 16.5. The van der Waals surface area contributed by atoms with E-state index in [9.17, 15) is 0 Å². The second-order valence-electron chi connectivity index (χ2n) is 11.7. The van der Waals surface area contributed by atoms with Crippen LogP contribution in [0.15, 0.2) is 146 Å². The van der Waals surface area contributed by atoms with E-state index in [0.717, 1.165) is 0 Å². The number of Topliss-reactive ketones (excluding diaryl/α,β-unsaturated/α-hetero) is 1. The van der Waals surface area contributed by atoms with Gasteiger partial charge in [0.25, 0.3) is 0 Å². The van der Waals surface area contributed by atoms with E-state index in [1.54, 1.807) is 12.1 Å². The van der Waals surface area contributed by atoms with Crippen molar-refractivity contribution in [1.29, 1.82) is 0 Å². The highest BCUT2D eigenvalue weighted by molar-refractivity contribution is 6.59. The van der Waals surface area contributed by atoms with E-state index >= 15 is 4.79 Å². The molecule has 0 fully saturated rings. The maximum Gasteiger partial charge on any atom is 0.195 e. The minimum Gasteiger partial charge on any atom is -0.457 e. The molecule has 6 aromatic carbocycles. The monoisotopic (exact) mass is 664 g/mol. The van der Waals surface area contributed by atoms with Crippen molar-refractivity contribution in [2.75, 3.05) is 0 Å². The van der Waals surface area contributed by atoms with Gasteiger partial charge in [0, 0.05) is 55.7 Å². The lowest BCUT2D eigenvalue weighted by molar-refractivity contribution is -0.108. The Bertz CT molecular complexity index is 2430. The quantitative estimate of drug-likeness (QED) is 0.152. The van der Waals surface area contributed by atoms with Crippen LogP contribution >= 0.6 is 0 Å². The minimum absolute atomic E-state index is 0.268. The van der Waals surface area contributed by atoms with Gasteiger partial charge >= 0.3 is 0 Å². The summed E-state index contributed by atoms with van der Waals surface area (Å²) in [6, 6.07) is 44.5. The maximum atomic E-state index is 15.2. The van der Waals surface area contributed by atoms with Gasteiger partial charge in [-0.05, 0) is 83.9 Å². The Hall–Kier alpha value is -7.69. The van der Waals surface area contributed by atoms with E-state index in [-0.39, 0.29) is 5.78 Å². The van der Waals surface area contributed by atoms with Crippen LogP contribution in [-0.4, -0.2) is 5.78 Å². The molecule has 0 aliphatic heterocycles. The molecule has 0 heterocycles. The highest BCUT2D eigenvalue weighted by Crippen LogP contribution is 2.52. The Morgan fingerprint density at radius 3 is 1.08 bits per heavy atom. The average Bonchev–Trinajstić information content (AvgIpc) is 3.49. The van der Waals surface area contributed by atoms with Gasteiger partial charge in [-0.25, -0.2) is 0 Å². The number of carbonyl (C=O) groups excluding carboxylic acids is 1. The number of ketones is 1. The van der Waals surface area contributed by atoms with Crippen LogP contribution < -0.4 is 9.47 Å². The third kappa shape index (κ3) is 6.15. The molecule has 3 nitrogen and oxygen atoms in total. The number of carbonyl (C=O) groups is 1. The minimum atomic E-state index is -0.268. The van der Waals surface area contributed by atoms with Crippen LogP contribution in [0.4, 0.5) is 0 Å². The molecule has 242 valence electrons. The highest BCUT2D eigenvalue weighted by Gasteiger charge is 2.38. The summed E-state index contributed by atoms with van der Waals surface area (Å²) < 4.78 is 12.3. The number of para-hydroxylation sites is 2. The molecule has 0 unspecified atom stereocenters. The molecule has 1 aliphatic rings. The SMILES string of the molecule is C#Cc1ccccc1C1=C(c2ccc(Oc3ccccc3)cc2C#C)C(c2ccc(Oc3ccccc3)cc2C#C)=C(c2ccccc2C#C)C1=O. The predicted molar refractivity (Wildman–Crippen MR) is 209 cm³/mol. The molecular formula is C49H28O3. The van der Waals surface area contributed by atoms with Crippen LogP contribution in [0.1, 0.15) is 44.5 Å². The summed E-state index contributed by atoms with van der Waals surface area (Å²) in [5.74, 6) is 13.3. The van der Waals surface area contributed by atoms with Crippen molar-refractivity contribution in [2.45, 2.75) is 0 Å². The number of allylic oxidation sites excluding steroid dienone is 4. The zero-order valence-corrected chi connectivity index (χ0v) is 27.9. The number of hydrogen-bond acceptors (Lipinski definition) is 3. The van der Waals surface area contributed by atoms with E-state index in [0.29, 0.717) is 89.8 Å². The fourth-order valence-electron chi connectivity index (χ4n) is 6.41. The molecule has 1 aliphatic carbocycles. The van der Waals surface area contributed by atoms with Gasteiger partial charge in [0.05, 0.1) is 0 Å². The first kappa shape index (κ1) is 32.8. The lowest BCUT2D eigenvalue weighted by Gasteiger charge is -2.18. The van der Waals surface area contributed by atoms with Gasteiger partial charge in [0.15, 0.2) is 5.78 Å². The molecular weight excluding hydrogens is 637 g/mol. The zero-order chi connectivity index (χ0) is 36.0. The van der Waals surface area contributed by atoms with Crippen molar-refractivity contribution in [3.05, 3.63) is 190 Å². The number of rotatable bonds is 8. The molecule has 0 amide bonds. The molecule has 52 heavy (non-hydrogen) atoms. The van der Waals surface area contributed by atoms with Crippen LogP contribution in [0.3, 0.4) is 0 Å². The topological polar surface area (TPSA) is 35.5 Å². The van der Waals surface area contributed by atoms with Crippen molar-refractivity contribution < 1.29 is 14.3 Å². The second-order valence-corrected chi connectivity index (χ2v) is 11.7. The molecule has 0 bridgehead atoms. The first-order chi connectivity index (χ1) is 25.5. The first-order valence-electron chi connectivity index (χ1n) is 16.4. The van der Waals surface area contributed by atoms with Crippen molar-refractivity contribution in [3.63, 3.8) is 0 Å². The number of hydrogen-bond donors (Lipinski definition) is 0. The Kier molecular flexibility index (Phi) is 9.11. The predicted octanol–water partition coefficient (Wildman–Crippen LogP) is 10.3. The van der Waals surface area contributed by atoms with Gasteiger partial charge in [-0.2, -0.15) is 0 Å². The fraction of sp³-hybridized carbons (Fsp3) is 0. The van der Waals surface area contributed by atoms with Crippen LogP contribution in [-0.2, 0) is 4.79 Å². The third-order valence-electron chi connectivity index (χ3n) is 8.70. The molecule has 0 atom stereocenters. The van der Waals surface area contributed by atoms with Crippen molar-refractivity contribution in [3.8, 4) is 72.4 Å². The lowest BCUT2D eigenvalue weighted by atomic mass is 9.84. The molecule has 0 aromatic heterocycles. The molecule has 3 heteroatoms. The summed E-state index contributed by atoms with van der Waals surface area (Å²) in [5, 5.41) is 0. The van der Waals surface area contributed by atoms with Gasteiger partial charge < -0.3 is 9.47 Å². The van der Waals surface area contributed by atoms with Crippen molar-refractivity contribution >= 4 is 28.1 Å². The Balaban J connectivity index is 1.54. The third-order valence-corrected chi connectivity index (χ3v) is 8.70. The van der Waals surface area contributed by atoms with E-state index < -0.39 is 0 Å². The largest absolute Gasteiger partial charge is 0.457 e.